The Hall–Kier alpha value is -3.19. The molecule has 148 valence electrons. The fourth-order valence-corrected chi connectivity index (χ4v) is 3.41. The molecule has 1 heterocycles. The minimum atomic E-state index is -0.427. The van der Waals surface area contributed by atoms with Gasteiger partial charge < -0.3 is 4.90 Å². The quantitative estimate of drug-likeness (QED) is 0.441. The lowest BCUT2D eigenvalue weighted by molar-refractivity contribution is -0.384. The summed E-state index contributed by atoms with van der Waals surface area (Å²) in [6, 6.07) is 15.6. The van der Waals surface area contributed by atoms with Gasteiger partial charge in [-0.3, -0.25) is 14.9 Å². The number of non-ortho nitro benzene ring substituents is 1. The molecule has 1 aromatic heterocycles. The zero-order valence-corrected chi connectivity index (χ0v) is 16.5. The maximum atomic E-state index is 13.2. The molecule has 4 rings (SSSR count). The van der Waals surface area contributed by atoms with Crippen molar-refractivity contribution in [3.8, 4) is 5.69 Å². The SMILES string of the molecule is Cc1cc(C(=O)N(Cc2cccc([N+](=O)[O-])c2)C2CC2)nn1-c1ccc(Cl)cc1. The number of benzene rings is 2. The number of carbonyl (C=O) groups is 1. The second-order valence-corrected chi connectivity index (χ2v) is 7.59. The van der Waals surface area contributed by atoms with Crippen LogP contribution in [0.15, 0.2) is 54.6 Å². The van der Waals surface area contributed by atoms with E-state index < -0.39 is 4.92 Å². The maximum absolute atomic E-state index is 13.2. The monoisotopic (exact) mass is 410 g/mol. The number of aromatic nitrogens is 2. The van der Waals surface area contributed by atoms with Crippen LogP contribution in [0.1, 0.15) is 34.6 Å². The molecule has 0 bridgehead atoms. The van der Waals surface area contributed by atoms with Crippen LogP contribution in [0.5, 0.6) is 0 Å². The fourth-order valence-electron chi connectivity index (χ4n) is 3.29. The van der Waals surface area contributed by atoms with E-state index in [2.05, 4.69) is 5.10 Å². The van der Waals surface area contributed by atoms with Crippen molar-refractivity contribution in [2.45, 2.75) is 32.4 Å². The largest absolute Gasteiger partial charge is 0.330 e. The smallest absolute Gasteiger partial charge is 0.274 e. The molecule has 3 aromatic rings. The van der Waals surface area contributed by atoms with Crippen molar-refractivity contribution >= 4 is 23.2 Å². The van der Waals surface area contributed by atoms with Gasteiger partial charge in [-0.05, 0) is 55.7 Å². The number of aryl methyl sites for hydroxylation is 1. The summed E-state index contributed by atoms with van der Waals surface area (Å²) in [6.45, 7) is 2.21. The average molecular weight is 411 g/mol. The molecule has 29 heavy (non-hydrogen) atoms. The highest BCUT2D eigenvalue weighted by atomic mass is 35.5. The van der Waals surface area contributed by atoms with Crippen LogP contribution in [0, 0.1) is 17.0 Å². The van der Waals surface area contributed by atoms with Crippen molar-refractivity contribution in [2.24, 2.45) is 0 Å². The lowest BCUT2D eigenvalue weighted by Gasteiger charge is -2.21. The van der Waals surface area contributed by atoms with Crippen molar-refractivity contribution in [3.63, 3.8) is 0 Å². The van der Waals surface area contributed by atoms with Gasteiger partial charge in [0.2, 0.25) is 0 Å². The summed E-state index contributed by atoms with van der Waals surface area (Å²) < 4.78 is 1.71. The maximum Gasteiger partial charge on any atom is 0.274 e. The van der Waals surface area contributed by atoms with Gasteiger partial charge in [-0.15, -0.1) is 0 Å². The summed E-state index contributed by atoms with van der Waals surface area (Å²) in [5.41, 5.74) is 2.76. The zero-order valence-electron chi connectivity index (χ0n) is 15.8. The number of nitro benzene ring substituents is 1. The van der Waals surface area contributed by atoms with Gasteiger partial charge in [0, 0.05) is 35.4 Å². The molecule has 0 unspecified atom stereocenters. The van der Waals surface area contributed by atoms with Crippen LogP contribution < -0.4 is 0 Å². The molecule has 0 radical (unpaired) electrons. The molecular weight excluding hydrogens is 392 g/mol. The van der Waals surface area contributed by atoms with Crippen LogP contribution in [-0.2, 0) is 6.54 Å². The number of amides is 1. The van der Waals surface area contributed by atoms with E-state index in [9.17, 15) is 14.9 Å². The van der Waals surface area contributed by atoms with E-state index in [1.54, 1.807) is 39.9 Å². The third-order valence-corrected chi connectivity index (χ3v) is 5.15. The van der Waals surface area contributed by atoms with Gasteiger partial charge in [0.15, 0.2) is 5.69 Å². The highest BCUT2D eigenvalue weighted by Gasteiger charge is 2.34. The van der Waals surface area contributed by atoms with Crippen LogP contribution in [-0.4, -0.2) is 31.6 Å². The molecule has 0 spiro atoms. The summed E-state index contributed by atoms with van der Waals surface area (Å²) in [6.07, 6.45) is 1.86. The van der Waals surface area contributed by atoms with E-state index in [1.807, 2.05) is 19.1 Å². The Morgan fingerprint density at radius 2 is 1.97 bits per heavy atom. The van der Waals surface area contributed by atoms with Crippen LogP contribution >= 0.6 is 11.6 Å². The van der Waals surface area contributed by atoms with Crippen molar-refractivity contribution in [1.82, 2.24) is 14.7 Å². The van der Waals surface area contributed by atoms with E-state index in [0.717, 1.165) is 29.8 Å². The second-order valence-electron chi connectivity index (χ2n) is 7.15. The minimum Gasteiger partial charge on any atom is -0.330 e. The van der Waals surface area contributed by atoms with Crippen LogP contribution in [0.3, 0.4) is 0 Å². The third kappa shape index (κ3) is 4.14. The predicted molar refractivity (Wildman–Crippen MR) is 109 cm³/mol. The molecule has 1 fully saturated rings. The van der Waals surface area contributed by atoms with Crippen molar-refractivity contribution < 1.29 is 9.72 Å². The van der Waals surface area contributed by atoms with Gasteiger partial charge in [-0.25, -0.2) is 4.68 Å². The topological polar surface area (TPSA) is 81.3 Å². The molecular formula is C21H19ClN4O3. The third-order valence-electron chi connectivity index (χ3n) is 4.90. The molecule has 1 aliphatic rings. The van der Waals surface area contributed by atoms with Gasteiger partial charge in [-0.2, -0.15) is 5.10 Å². The number of hydrogen-bond acceptors (Lipinski definition) is 4. The predicted octanol–water partition coefficient (Wildman–Crippen LogP) is 4.55. The van der Waals surface area contributed by atoms with E-state index >= 15 is 0 Å². The van der Waals surface area contributed by atoms with Gasteiger partial charge in [0.05, 0.1) is 10.6 Å². The Morgan fingerprint density at radius 3 is 2.62 bits per heavy atom. The summed E-state index contributed by atoms with van der Waals surface area (Å²) in [4.78, 5) is 25.6. The molecule has 2 aromatic carbocycles. The van der Waals surface area contributed by atoms with Crippen molar-refractivity contribution in [2.75, 3.05) is 0 Å². The van der Waals surface area contributed by atoms with Gasteiger partial charge >= 0.3 is 0 Å². The first-order valence-electron chi connectivity index (χ1n) is 9.29. The highest BCUT2D eigenvalue weighted by Crippen LogP contribution is 2.30. The standard InChI is InChI=1S/C21H19ClN4O3/c1-14-11-20(23-25(14)18-7-5-16(22)6-8-18)21(27)24(17-9-10-17)13-15-3-2-4-19(12-15)26(28)29/h2-8,11-12,17H,9-10,13H2,1H3. The Morgan fingerprint density at radius 1 is 1.24 bits per heavy atom. The van der Waals surface area contributed by atoms with Crippen molar-refractivity contribution in [3.05, 3.63) is 86.7 Å². The summed E-state index contributed by atoms with van der Waals surface area (Å²) in [7, 11) is 0. The van der Waals surface area contributed by atoms with Crippen LogP contribution in [0.25, 0.3) is 5.69 Å². The first kappa shape index (κ1) is 19.1. The summed E-state index contributed by atoms with van der Waals surface area (Å²) >= 11 is 5.95. The van der Waals surface area contributed by atoms with E-state index in [0.29, 0.717) is 17.3 Å². The molecule has 0 saturated heterocycles. The lowest BCUT2D eigenvalue weighted by Crippen LogP contribution is -2.33. The number of nitrogens with zero attached hydrogens (tertiary/aromatic N) is 4. The van der Waals surface area contributed by atoms with E-state index in [1.165, 1.54) is 12.1 Å². The summed E-state index contributed by atoms with van der Waals surface area (Å²) in [5, 5.41) is 16.2. The lowest BCUT2D eigenvalue weighted by atomic mass is 10.1. The molecule has 1 amide bonds. The Balaban J connectivity index is 1.60. The average Bonchev–Trinajstić information content (AvgIpc) is 3.48. The molecule has 8 heteroatoms. The normalized spacial score (nSPS) is 13.3. The minimum absolute atomic E-state index is 0.0218. The van der Waals surface area contributed by atoms with Gasteiger partial charge in [0.25, 0.3) is 11.6 Å². The Kier molecular flexibility index (Phi) is 5.07. The Bertz CT molecular complexity index is 1070. The first-order valence-corrected chi connectivity index (χ1v) is 9.67. The second kappa shape index (κ2) is 7.67. The molecule has 7 nitrogen and oxygen atoms in total. The number of nitro groups is 1. The number of carbonyl (C=O) groups excluding carboxylic acids is 1. The number of rotatable bonds is 6. The number of halogens is 1. The Labute approximate surface area is 172 Å². The molecule has 0 N–H and O–H groups in total. The highest BCUT2D eigenvalue weighted by molar-refractivity contribution is 6.30. The zero-order chi connectivity index (χ0) is 20.5. The van der Waals surface area contributed by atoms with Crippen LogP contribution in [0.2, 0.25) is 5.02 Å². The van der Waals surface area contributed by atoms with Crippen LogP contribution in [0.4, 0.5) is 5.69 Å². The van der Waals surface area contributed by atoms with Gasteiger partial charge in [0.1, 0.15) is 0 Å². The molecule has 1 aliphatic carbocycles. The molecule has 1 saturated carbocycles. The van der Waals surface area contributed by atoms with Crippen molar-refractivity contribution in [1.29, 1.82) is 0 Å². The van der Waals surface area contributed by atoms with E-state index in [-0.39, 0.29) is 17.6 Å². The molecule has 0 aliphatic heterocycles. The van der Waals surface area contributed by atoms with E-state index in [4.69, 9.17) is 11.6 Å². The van der Waals surface area contributed by atoms with Gasteiger partial charge in [-0.1, -0.05) is 23.7 Å². The molecule has 0 atom stereocenters. The first-order chi connectivity index (χ1) is 13.9. The summed E-state index contributed by atoms with van der Waals surface area (Å²) in [5.74, 6) is -0.171. The number of hydrogen-bond donors (Lipinski definition) is 0. The fraction of sp³-hybridized carbons (Fsp3) is 0.238.